The van der Waals surface area contributed by atoms with Crippen molar-refractivity contribution in [2.45, 2.75) is 18.7 Å². The Hall–Kier alpha value is -2.59. The van der Waals surface area contributed by atoms with Crippen molar-refractivity contribution in [1.29, 1.82) is 0 Å². The van der Waals surface area contributed by atoms with Gasteiger partial charge >= 0.3 is 0 Å². The summed E-state index contributed by atoms with van der Waals surface area (Å²) in [6.45, 7) is 3.32. The number of benzene rings is 1. The highest BCUT2D eigenvalue weighted by molar-refractivity contribution is 7.92. The number of hydrogen-bond acceptors (Lipinski definition) is 7. The van der Waals surface area contributed by atoms with Crippen molar-refractivity contribution in [3.63, 3.8) is 0 Å². The van der Waals surface area contributed by atoms with E-state index in [1.807, 2.05) is 6.92 Å². The van der Waals surface area contributed by atoms with Crippen LogP contribution in [-0.4, -0.2) is 32.0 Å². The first kappa shape index (κ1) is 18.2. The third-order valence-electron chi connectivity index (χ3n) is 3.68. The predicted molar refractivity (Wildman–Crippen MR) is 99.2 cm³/mol. The molecule has 138 valence electrons. The van der Waals surface area contributed by atoms with E-state index in [-0.39, 0.29) is 16.3 Å². The molecule has 2 heterocycles. The second-order valence-electron chi connectivity index (χ2n) is 5.50. The lowest BCUT2D eigenvalue weighted by molar-refractivity contribution is 0.355. The van der Waals surface area contributed by atoms with Crippen LogP contribution in [0, 0.1) is 13.8 Å². The molecule has 0 unspecified atom stereocenters. The number of nitrogens with zero attached hydrogens (tertiary/aromatic N) is 2. The van der Waals surface area contributed by atoms with Crippen molar-refractivity contribution in [3.8, 4) is 11.5 Å². The number of aromatic nitrogens is 2. The molecule has 1 N–H and O–H groups in total. The van der Waals surface area contributed by atoms with Gasteiger partial charge in [0.05, 0.1) is 25.6 Å². The molecule has 0 saturated heterocycles. The lowest BCUT2D eigenvalue weighted by atomic mass is 10.3. The molecule has 1 aromatic carbocycles. The first-order valence-electron chi connectivity index (χ1n) is 7.51. The third kappa shape index (κ3) is 3.13. The molecule has 10 heteroatoms. The van der Waals surface area contributed by atoms with Crippen molar-refractivity contribution in [2.24, 2.45) is 0 Å². The Morgan fingerprint density at radius 1 is 1.15 bits per heavy atom. The van der Waals surface area contributed by atoms with E-state index in [2.05, 4.69) is 9.71 Å². The molecule has 0 atom stereocenters. The Kier molecular flexibility index (Phi) is 4.63. The summed E-state index contributed by atoms with van der Waals surface area (Å²) in [5, 5.41) is 0. The summed E-state index contributed by atoms with van der Waals surface area (Å²) in [5.74, 6) is 0.826. The highest BCUT2D eigenvalue weighted by atomic mass is 32.2. The van der Waals surface area contributed by atoms with Gasteiger partial charge in [0.2, 0.25) is 0 Å². The molecular weight excluding hydrogens is 378 g/mol. The van der Waals surface area contributed by atoms with Gasteiger partial charge in [0.1, 0.15) is 0 Å². The lowest BCUT2D eigenvalue weighted by Crippen LogP contribution is -2.27. The summed E-state index contributed by atoms with van der Waals surface area (Å²) in [7, 11) is -1.21. The van der Waals surface area contributed by atoms with E-state index in [9.17, 15) is 13.2 Å². The first-order valence-corrected chi connectivity index (χ1v) is 9.81. The molecule has 0 saturated carbocycles. The number of rotatable bonds is 5. The highest BCUT2D eigenvalue weighted by Gasteiger charge is 2.25. The van der Waals surface area contributed by atoms with Crippen LogP contribution in [0.25, 0.3) is 4.96 Å². The van der Waals surface area contributed by atoms with Crippen LogP contribution in [-0.2, 0) is 10.0 Å². The number of hydrogen-bond donors (Lipinski definition) is 1. The summed E-state index contributed by atoms with van der Waals surface area (Å²) in [6.07, 6.45) is 1.57. The maximum absolute atomic E-state index is 12.8. The second kappa shape index (κ2) is 6.61. The minimum atomic E-state index is -4.14. The van der Waals surface area contributed by atoms with Crippen LogP contribution in [0.2, 0.25) is 0 Å². The number of fused-ring (bicyclic) bond motifs is 1. The normalized spacial score (nSPS) is 11.5. The molecule has 0 spiro atoms. The Morgan fingerprint density at radius 2 is 1.85 bits per heavy atom. The van der Waals surface area contributed by atoms with Crippen molar-refractivity contribution >= 4 is 32.0 Å². The van der Waals surface area contributed by atoms with Crippen molar-refractivity contribution < 1.29 is 17.9 Å². The Morgan fingerprint density at radius 3 is 2.50 bits per heavy atom. The Balaban J connectivity index is 2.09. The number of nitrogens with one attached hydrogen (secondary N) is 1. The fourth-order valence-electron chi connectivity index (χ4n) is 2.55. The molecule has 0 bridgehead atoms. The van der Waals surface area contributed by atoms with Crippen molar-refractivity contribution in [2.75, 3.05) is 18.9 Å². The molecule has 3 rings (SSSR count). The van der Waals surface area contributed by atoms with Crippen molar-refractivity contribution in [1.82, 2.24) is 9.38 Å². The molecule has 26 heavy (non-hydrogen) atoms. The Bertz CT molecular complexity index is 1150. The number of aryl methyl sites for hydroxylation is 2. The van der Waals surface area contributed by atoms with Crippen LogP contribution in [0.4, 0.5) is 5.69 Å². The number of sulfonamides is 1. The quantitative estimate of drug-likeness (QED) is 0.711. The monoisotopic (exact) mass is 395 g/mol. The third-order valence-corrected chi connectivity index (χ3v) is 6.09. The van der Waals surface area contributed by atoms with Gasteiger partial charge in [-0.1, -0.05) is 0 Å². The smallest absolute Gasteiger partial charge is 0.279 e. The summed E-state index contributed by atoms with van der Waals surface area (Å²) in [6, 6.07) is 4.57. The number of methoxy groups -OCH3 is 2. The van der Waals surface area contributed by atoms with E-state index >= 15 is 0 Å². The van der Waals surface area contributed by atoms with Gasteiger partial charge < -0.3 is 9.47 Å². The molecule has 0 aliphatic rings. The number of thiazole rings is 1. The summed E-state index contributed by atoms with van der Waals surface area (Å²) in [5.41, 5.74) is -0.248. The topological polar surface area (TPSA) is 99.0 Å². The van der Waals surface area contributed by atoms with Gasteiger partial charge in [0.15, 0.2) is 21.4 Å². The molecule has 0 aliphatic carbocycles. The summed E-state index contributed by atoms with van der Waals surface area (Å²) < 4.78 is 39.6. The van der Waals surface area contributed by atoms with Crippen molar-refractivity contribution in [3.05, 3.63) is 45.3 Å². The maximum atomic E-state index is 12.8. The minimum absolute atomic E-state index is 0.143. The lowest BCUT2D eigenvalue weighted by Gasteiger charge is -2.12. The van der Waals surface area contributed by atoms with Gasteiger partial charge in [-0.3, -0.25) is 13.9 Å². The molecule has 0 radical (unpaired) electrons. The van der Waals surface area contributed by atoms with E-state index in [0.717, 1.165) is 4.88 Å². The largest absolute Gasteiger partial charge is 0.493 e. The zero-order chi connectivity index (χ0) is 19.1. The van der Waals surface area contributed by atoms with Gasteiger partial charge in [0.25, 0.3) is 15.6 Å². The van der Waals surface area contributed by atoms with Gasteiger partial charge in [0, 0.05) is 17.1 Å². The van der Waals surface area contributed by atoms with Crippen LogP contribution in [0.15, 0.2) is 34.1 Å². The SMILES string of the molecule is COc1ccc(NS(=O)(=O)c2c(C)nc3sc(C)cn3c2=O)cc1OC. The zero-order valence-electron chi connectivity index (χ0n) is 14.6. The van der Waals surface area contributed by atoms with Crippen LogP contribution in [0.5, 0.6) is 11.5 Å². The first-order chi connectivity index (χ1) is 12.3. The minimum Gasteiger partial charge on any atom is -0.493 e. The standard InChI is InChI=1S/C16H17N3O5S2/c1-9-8-19-15(20)14(10(2)17-16(19)25-9)26(21,22)18-11-5-6-12(23-3)13(7-11)24-4/h5-8,18H,1-4H3. The fourth-order valence-corrected chi connectivity index (χ4v) is 4.72. The second-order valence-corrected chi connectivity index (χ2v) is 8.33. The van der Waals surface area contributed by atoms with Crippen LogP contribution in [0.3, 0.4) is 0 Å². The highest BCUT2D eigenvalue weighted by Crippen LogP contribution is 2.30. The van der Waals surface area contributed by atoms with Crippen LogP contribution >= 0.6 is 11.3 Å². The van der Waals surface area contributed by atoms with Gasteiger partial charge in [-0.15, -0.1) is 11.3 Å². The summed E-state index contributed by atoms with van der Waals surface area (Å²) >= 11 is 1.32. The molecular formula is C16H17N3O5S2. The maximum Gasteiger partial charge on any atom is 0.279 e. The number of ether oxygens (including phenoxy) is 2. The van der Waals surface area contributed by atoms with Gasteiger partial charge in [-0.25, -0.2) is 13.4 Å². The van der Waals surface area contributed by atoms with E-state index in [4.69, 9.17) is 9.47 Å². The molecule has 3 aromatic rings. The summed E-state index contributed by atoms with van der Waals surface area (Å²) in [4.78, 5) is 17.9. The Labute approximate surface area is 154 Å². The number of anilines is 1. The van der Waals surface area contributed by atoms with Crippen LogP contribution < -0.4 is 19.8 Å². The van der Waals surface area contributed by atoms with E-state index < -0.39 is 15.6 Å². The van der Waals surface area contributed by atoms with Gasteiger partial charge in [-0.05, 0) is 26.0 Å². The zero-order valence-corrected chi connectivity index (χ0v) is 16.2. The molecule has 0 amide bonds. The predicted octanol–water partition coefficient (Wildman–Crippen LogP) is 2.19. The fraction of sp³-hybridized carbons (Fsp3) is 0.250. The van der Waals surface area contributed by atoms with Crippen LogP contribution in [0.1, 0.15) is 10.6 Å². The van der Waals surface area contributed by atoms with E-state index in [1.54, 1.807) is 12.3 Å². The van der Waals surface area contributed by atoms with E-state index in [1.165, 1.54) is 49.0 Å². The molecule has 0 aliphatic heterocycles. The average molecular weight is 395 g/mol. The van der Waals surface area contributed by atoms with E-state index in [0.29, 0.717) is 16.5 Å². The molecule has 0 fully saturated rings. The molecule has 8 nitrogen and oxygen atoms in total. The average Bonchev–Trinajstić information content (AvgIpc) is 2.94. The molecule has 2 aromatic heterocycles. The van der Waals surface area contributed by atoms with Gasteiger partial charge in [-0.2, -0.15) is 0 Å².